The van der Waals surface area contributed by atoms with E-state index < -0.39 is 5.97 Å². The molecule has 1 aromatic heterocycles. The Morgan fingerprint density at radius 3 is 2.47 bits per heavy atom. The maximum Gasteiger partial charge on any atom is 0.341 e. The van der Waals surface area contributed by atoms with Gasteiger partial charge in [0.05, 0.1) is 0 Å². The van der Waals surface area contributed by atoms with Crippen LogP contribution in [0.4, 0.5) is 21.8 Å². The maximum absolute atomic E-state index is 13.4. The number of halogens is 1. The molecule has 3 aromatic carbocycles. The van der Waals surface area contributed by atoms with E-state index >= 15 is 0 Å². The van der Waals surface area contributed by atoms with Gasteiger partial charge < -0.3 is 15.7 Å². The smallest absolute Gasteiger partial charge is 0.341 e. The molecule has 0 saturated heterocycles. The van der Waals surface area contributed by atoms with Gasteiger partial charge in [-0.25, -0.2) is 14.2 Å². The Morgan fingerprint density at radius 2 is 1.69 bits per heavy atom. The van der Waals surface area contributed by atoms with Crippen LogP contribution >= 0.6 is 0 Å². The molecule has 4 aromatic rings. The SMILES string of the molecule is O=C(O)c1cnc(NCc2cccc(F)c2)nc1Nc1ccccc1Cc1ccccc1. The van der Waals surface area contributed by atoms with Crippen LogP contribution in [0.3, 0.4) is 0 Å². The van der Waals surface area contributed by atoms with Crippen molar-refractivity contribution in [2.75, 3.05) is 10.6 Å². The van der Waals surface area contributed by atoms with Gasteiger partial charge in [-0.05, 0) is 41.3 Å². The number of benzene rings is 3. The van der Waals surface area contributed by atoms with Gasteiger partial charge >= 0.3 is 5.97 Å². The van der Waals surface area contributed by atoms with E-state index in [1.165, 1.54) is 18.3 Å². The summed E-state index contributed by atoms with van der Waals surface area (Å²) in [4.78, 5) is 20.2. The quantitative estimate of drug-likeness (QED) is 0.355. The minimum absolute atomic E-state index is 0.0455. The fourth-order valence-corrected chi connectivity index (χ4v) is 3.29. The first kappa shape index (κ1) is 21.0. The van der Waals surface area contributed by atoms with Gasteiger partial charge in [-0.1, -0.05) is 60.7 Å². The number of rotatable bonds is 8. The van der Waals surface area contributed by atoms with Gasteiger partial charge in [0, 0.05) is 18.4 Å². The molecule has 0 spiro atoms. The molecule has 3 N–H and O–H groups in total. The second-order valence-electron chi connectivity index (χ2n) is 7.19. The van der Waals surface area contributed by atoms with E-state index in [9.17, 15) is 14.3 Å². The molecule has 0 bridgehead atoms. The number of para-hydroxylation sites is 1. The molecule has 1 heterocycles. The van der Waals surface area contributed by atoms with Crippen molar-refractivity contribution in [1.82, 2.24) is 9.97 Å². The number of hydrogen-bond donors (Lipinski definition) is 3. The van der Waals surface area contributed by atoms with E-state index in [4.69, 9.17) is 0 Å². The van der Waals surface area contributed by atoms with Crippen molar-refractivity contribution in [2.24, 2.45) is 0 Å². The summed E-state index contributed by atoms with van der Waals surface area (Å²) in [5.41, 5.74) is 3.58. The number of carboxylic acids is 1. The minimum atomic E-state index is -1.13. The van der Waals surface area contributed by atoms with E-state index in [-0.39, 0.29) is 23.1 Å². The van der Waals surface area contributed by atoms with Crippen LogP contribution in [0.5, 0.6) is 0 Å². The molecule has 0 radical (unpaired) electrons. The lowest BCUT2D eigenvalue weighted by Crippen LogP contribution is -2.11. The largest absolute Gasteiger partial charge is 0.477 e. The molecular formula is C25H21FN4O2. The van der Waals surface area contributed by atoms with E-state index in [1.807, 2.05) is 54.6 Å². The maximum atomic E-state index is 13.4. The van der Waals surface area contributed by atoms with Crippen LogP contribution in [0.2, 0.25) is 0 Å². The first-order chi connectivity index (χ1) is 15.6. The van der Waals surface area contributed by atoms with Gasteiger partial charge in [-0.2, -0.15) is 4.98 Å². The molecule has 160 valence electrons. The zero-order valence-corrected chi connectivity index (χ0v) is 17.1. The van der Waals surface area contributed by atoms with E-state index in [1.54, 1.807) is 12.1 Å². The van der Waals surface area contributed by atoms with Crippen molar-refractivity contribution < 1.29 is 14.3 Å². The first-order valence-electron chi connectivity index (χ1n) is 10.1. The van der Waals surface area contributed by atoms with Crippen LogP contribution in [-0.4, -0.2) is 21.0 Å². The summed E-state index contributed by atoms with van der Waals surface area (Å²) in [6, 6.07) is 23.9. The number of carboxylic acid groups (broad SMARTS) is 1. The van der Waals surface area contributed by atoms with Crippen molar-refractivity contribution in [2.45, 2.75) is 13.0 Å². The third-order valence-corrected chi connectivity index (χ3v) is 4.87. The number of aromatic nitrogens is 2. The lowest BCUT2D eigenvalue weighted by Gasteiger charge is -2.14. The number of carbonyl (C=O) groups is 1. The normalized spacial score (nSPS) is 10.5. The summed E-state index contributed by atoms with van der Waals surface area (Å²) < 4.78 is 13.4. The highest BCUT2D eigenvalue weighted by Gasteiger charge is 2.15. The predicted octanol–water partition coefficient (Wildman–Crippen LogP) is 5.26. The van der Waals surface area contributed by atoms with Crippen LogP contribution < -0.4 is 10.6 Å². The minimum Gasteiger partial charge on any atom is -0.477 e. The standard InChI is InChI=1S/C25H21FN4O2/c26-20-11-6-9-18(14-20)15-27-25-28-16-21(24(31)32)23(30-25)29-22-12-5-4-10-19(22)13-17-7-2-1-3-8-17/h1-12,14,16H,13,15H2,(H,31,32)(H2,27,28,29,30). The van der Waals surface area contributed by atoms with Gasteiger partial charge in [-0.15, -0.1) is 0 Å². The predicted molar refractivity (Wildman–Crippen MR) is 122 cm³/mol. The number of aromatic carboxylic acids is 1. The summed E-state index contributed by atoms with van der Waals surface area (Å²) in [6.07, 6.45) is 1.94. The Hall–Kier alpha value is -4.26. The lowest BCUT2D eigenvalue weighted by atomic mass is 10.0. The summed E-state index contributed by atoms with van der Waals surface area (Å²) >= 11 is 0. The summed E-state index contributed by atoms with van der Waals surface area (Å²) in [7, 11) is 0. The third kappa shape index (κ3) is 5.26. The van der Waals surface area contributed by atoms with E-state index in [0.717, 1.165) is 22.4 Å². The van der Waals surface area contributed by atoms with Crippen molar-refractivity contribution in [1.29, 1.82) is 0 Å². The first-order valence-corrected chi connectivity index (χ1v) is 10.1. The third-order valence-electron chi connectivity index (χ3n) is 4.87. The molecule has 0 aliphatic carbocycles. The van der Waals surface area contributed by atoms with Crippen LogP contribution in [-0.2, 0) is 13.0 Å². The number of nitrogens with one attached hydrogen (secondary N) is 2. The molecule has 6 nitrogen and oxygen atoms in total. The Labute approximate surface area is 184 Å². The van der Waals surface area contributed by atoms with Gasteiger partial charge in [-0.3, -0.25) is 0 Å². The molecule has 32 heavy (non-hydrogen) atoms. The molecule has 0 atom stereocenters. The van der Waals surface area contributed by atoms with Gasteiger partial charge in [0.15, 0.2) is 5.82 Å². The monoisotopic (exact) mass is 428 g/mol. The fourth-order valence-electron chi connectivity index (χ4n) is 3.29. The van der Waals surface area contributed by atoms with E-state index in [0.29, 0.717) is 13.0 Å². The zero-order valence-electron chi connectivity index (χ0n) is 17.1. The molecule has 0 saturated carbocycles. The highest BCUT2D eigenvalue weighted by molar-refractivity contribution is 5.94. The summed E-state index contributed by atoms with van der Waals surface area (Å²) in [5.74, 6) is -1.05. The van der Waals surface area contributed by atoms with Crippen LogP contribution in [0.15, 0.2) is 85.1 Å². The summed E-state index contributed by atoms with van der Waals surface area (Å²) in [5, 5.41) is 15.8. The molecule has 4 rings (SSSR count). The molecule has 0 unspecified atom stereocenters. The Kier molecular flexibility index (Phi) is 6.36. The Balaban J connectivity index is 1.58. The second-order valence-corrected chi connectivity index (χ2v) is 7.19. The molecule has 0 aliphatic heterocycles. The van der Waals surface area contributed by atoms with Gasteiger partial charge in [0.1, 0.15) is 11.4 Å². The average molecular weight is 428 g/mol. The van der Waals surface area contributed by atoms with Crippen LogP contribution in [0.1, 0.15) is 27.0 Å². The fraction of sp³-hybridized carbons (Fsp3) is 0.0800. The molecule has 0 aliphatic rings. The van der Waals surface area contributed by atoms with Gasteiger partial charge in [0.2, 0.25) is 5.95 Å². The van der Waals surface area contributed by atoms with Crippen LogP contribution in [0, 0.1) is 5.82 Å². The van der Waals surface area contributed by atoms with Crippen molar-refractivity contribution in [3.63, 3.8) is 0 Å². The topological polar surface area (TPSA) is 87.1 Å². The molecular weight excluding hydrogens is 407 g/mol. The van der Waals surface area contributed by atoms with Crippen molar-refractivity contribution >= 4 is 23.4 Å². The highest BCUT2D eigenvalue weighted by atomic mass is 19.1. The Morgan fingerprint density at radius 1 is 0.938 bits per heavy atom. The van der Waals surface area contributed by atoms with Crippen molar-refractivity contribution in [3.8, 4) is 0 Å². The highest BCUT2D eigenvalue weighted by Crippen LogP contribution is 2.25. The molecule has 0 amide bonds. The second kappa shape index (κ2) is 9.70. The lowest BCUT2D eigenvalue weighted by molar-refractivity contribution is 0.0697. The summed E-state index contributed by atoms with van der Waals surface area (Å²) in [6.45, 7) is 0.300. The van der Waals surface area contributed by atoms with E-state index in [2.05, 4.69) is 20.6 Å². The number of hydrogen-bond acceptors (Lipinski definition) is 5. The van der Waals surface area contributed by atoms with Crippen molar-refractivity contribution in [3.05, 3.63) is 113 Å². The Bertz CT molecular complexity index is 1230. The molecule has 0 fully saturated rings. The zero-order chi connectivity index (χ0) is 22.3. The average Bonchev–Trinajstić information content (AvgIpc) is 2.80. The van der Waals surface area contributed by atoms with Gasteiger partial charge in [0.25, 0.3) is 0 Å². The number of nitrogens with zero attached hydrogens (tertiary/aromatic N) is 2. The number of anilines is 3. The van der Waals surface area contributed by atoms with Crippen LogP contribution in [0.25, 0.3) is 0 Å². The molecule has 7 heteroatoms.